The molecule has 0 atom stereocenters. The van der Waals surface area contributed by atoms with Gasteiger partial charge in [-0.25, -0.2) is 0 Å². The van der Waals surface area contributed by atoms with Gasteiger partial charge < -0.3 is 10.1 Å². The van der Waals surface area contributed by atoms with Crippen molar-refractivity contribution >= 4 is 11.3 Å². The molecule has 16 heavy (non-hydrogen) atoms. The van der Waals surface area contributed by atoms with Gasteiger partial charge in [-0.15, -0.1) is 0 Å². The van der Waals surface area contributed by atoms with E-state index >= 15 is 0 Å². The Kier molecular flexibility index (Phi) is 4.29. The summed E-state index contributed by atoms with van der Waals surface area (Å²) < 4.78 is 5.61. The molecule has 0 bridgehead atoms. The van der Waals surface area contributed by atoms with Crippen molar-refractivity contribution in [1.29, 1.82) is 5.41 Å². The molecule has 0 amide bonds. The smallest absolute Gasteiger partial charge is 0.128 e. The van der Waals surface area contributed by atoms with Gasteiger partial charge in [0.05, 0.1) is 6.61 Å². The van der Waals surface area contributed by atoms with E-state index in [0.717, 1.165) is 28.9 Å². The fraction of sp³-hybridized carbons (Fsp3) is 0.357. The van der Waals surface area contributed by atoms with Crippen LogP contribution in [0.15, 0.2) is 24.8 Å². The van der Waals surface area contributed by atoms with Gasteiger partial charge in [-0.3, -0.25) is 0 Å². The molecule has 0 saturated carbocycles. The Morgan fingerprint density at radius 2 is 2.06 bits per heavy atom. The third-order valence-electron chi connectivity index (χ3n) is 2.34. The van der Waals surface area contributed by atoms with Crippen molar-refractivity contribution in [2.75, 3.05) is 6.61 Å². The number of allylic oxidation sites excluding steroid dienone is 1. The van der Waals surface area contributed by atoms with Gasteiger partial charge in [-0.2, -0.15) is 0 Å². The summed E-state index contributed by atoms with van der Waals surface area (Å²) in [7, 11) is 0. The first kappa shape index (κ1) is 12.5. The van der Waals surface area contributed by atoms with Crippen LogP contribution in [-0.4, -0.2) is 12.3 Å². The monoisotopic (exact) mass is 217 g/mol. The molecule has 0 aliphatic heterocycles. The van der Waals surface area contributed by atoms with E-state index in [1.54, 1.807) is 6.92 Å². The highest BCUT2D eigenvalue weighted by Gasteiger charge is 2.07. The SMILES string of the molecule is C=C(C)c1ccc(OCCC)c(C(C)=N)c1. The van der Waals surface area contributed by atoms with Crippen molar-refractivity contribution < 1.29 is 4.74 Å². The lowest BCUT2D eigenvalue weighted by molar-refractivity contribution is 0.317. The van der Waals surface area contributed by atoms with E-state index < -0.39 is 0 Å². The van der Waals surface area contributed by atoms with Crippen LogP contribution >= 0.6 is 0 Å². The van der Waals surface area contributed by atoms with E-state index in [9.17, 15) is 0 Å². The van der Waals surface area contributed by atoms with Crippen LogP contribution in [0.1, 0.15) is 38.3 Å². The summed E-state index contributed by atoms with van der Waals surface area (Å²) >= 11 is 0. The maximum atomic E-state index is 7.74. The summed E-state index contributed by atoms with van der Waals surface area (Å²) in [5.74, 6) is 0.791. The zero-order valence-corrected chi connectivity index (χ0v) is 10.3. The number of hydrogen-bond acceptors (Lipinski definition) is 2. The van der Waals surface area contributed by atoms with Crippen LogP contribution in [0.2, 0.25) is 0 Å². The molecular formula is C14H19NO. The first-order valence-corrected chi connectivity index (χ1v) is 5.54. The van der Waals surface area contributed by atoms with Crippen LogP contribution in [0.25, 0.3) is 5.57 Å². The molecule has 1 rings (SSSR count). The summed E-state index contributed by atoms with van der Waals surface area (Å²) in [4.78, 5) is 0. The van der Waals surface area contributed by atoms with Gasteiger partial charge in [0.15, 0.2) is 0 Å². The topological polar surface area (TPSA) is 33.1 Å². The highest BCUT2D eigenvalue weighted by atomic mass is 16.5. The van der Waals surface area contributed by atoms with Crippen LogP contribution in [-0.2, 0) is 0 Å². The number of nitrogens with one attached hydrogen (secondary N) is 1. The number of ether oxygens (including phenoxy) is 1. The Morgan fingerprint density at radius 1 is 1.38 bits per heavy atom. The number of benzene rings is 1. The summed E-state index contributed by atoms with van der Waals surface area (Å²) in [5, 5.41) is 7.74. The molecule has 0 saturated heterocycles. The fourth-order valence-electron chi connectivity index (χ4n) is 1.43. The molecule has 1 aromatic carbocycles. The van der Waals surface area contributed by atoms with E-state index in [2.05, 4.69) is 13.5 Å². The van der Waals surface area contributed by atoms with Crippen LogP contribution in [0.4, 0.5) is 0 Å². The van der Waals surface area contributed by atoms with Gasteiger partial charge in [0.2, 0.25) is 0 Å². The average Bonchev–Trinajstić information content (AvgIpc) is 2.25. The molecule has 0 fully saturated rings. The second-order valence-corrected chi connectivity index (χ2v) is 3.96. The number of rotatable bonds is 5. The zero-order chi connectivity index (χ0) is 12.1. The summed E-state index contributed by atoms with van der Waals surface area (Å²) in [6.45, 7) is 10.4. The Balaban J connectivity index is 3.09. The van der Waals surface area contributed by atoms with Crippen molar-refractivity contribution in [2.24, 2.45) is 0 Å². The molecule has 2 nitrogen and oxygen atoms in total. The van der Waals surface area contributed by atoms with Crippen LogP contribution in [0.5, 0.6) is 5.75 Å². The van der Waals surface area contributed by atoms with Gasteiger partial charge in [-0.1, -0.05) is 25.1 Å². The van der Waals surface area contributed by atoms with E-state index in [1.807, 2.05) is 25.1 Å². The first-order chi connectivity index (χ1) is 7.56. The van der Waals surface area contributed by atoms with Gasteiger partial charge in [-0.05, 0) is 38.0 Å². The van der Waals surface area contributed by atoms with E-state index in [4.69, 9.17) is 10.1 Å². The lowest BCUT2D eigenvalue weighted by atomic mass is 10.0. The Labute approximate surface area is 97.5 Å². The summed E-state index contributed by atoms with van der Waals surface area (Å²) in [6.07, 6.45) is 0.971. The standard InChI is InChI=1S/C14H19NO/c1-5-8-16-14-7-6-12(10(2)3)9-13(14)11(4)15/h6-7,9,15H,2,5,8H2,1,3-4H3. The van der Waals surface area contributed by atoms with E-state index in [-0.39, 0.29) is 0 Å². The van der Waals surface area contributed by atoms with Crippen molar-refractivity contribution in [3.8, 4) is 5.75 Å². The molecular weight excluding hydrogens is 198 g/mol. The molecule has 2 heteroatoms. The first-order valence-electron chi connectivity index (χ1n) is 5.54. The maximum Gasteiger partial charge on any atom is 0.128 e. The minimum atomic E-state index is 0.522. The normalized spacial score (nSPS) is 9.94. The quantitative estimate of drug-likeness (QED) is 0.745. The predicted molar refractivity (Wildman–Crippen MR) is 69.4 cm³/mol. The Hall–Kier alpha value is -1.57. The number of hydrogen-bond donors (Lipinski definition) is 1. The average molecular weight is 217 g/mol. The fourth-order valence-corrected chi connectivity index (χ4v) is 1.43. The van der Waals surface area contributed by atoms with Crippen LogP contribution in [0.3, 0.4) is 0 Å². The van der Waals surface area contributed by atoms with Gasteiger partial charge in [0, 0.05) is 11.3 Å². The van der Waals surface area contributed by atoms with Crippen molar-refractivity contribution in [3.63, 3.8) is 0 Å². The van der Waals surface area contributed by atoms with Crippen molar-refractivity contribution in [2.45, 2.75) is 27.2 Å². The Morgan fingerprint density at radius 3 is 2.56 bits per heavy atom. The molecule has 1 N–H and O–H groups in total. The molecule has 0 heterocycles. The van der Waals surface area contributed by atoms with Crippen molar-refractivity contribution in [3.05, 3.63) is 35.9 Å². The highest BCUT2D eigenvalue weighted by molar-refractivity contribution is 5.99. The van der Waals surface area contributed by atoms with Gasteiger partial charge >= 0.3 is 0 Å². The molecule has 0 aromatic heterocycles. The minimum absolute atomic E-state index is 0.522. The third-order valence-corrected chi connectivity index (χ3v) is 2.34. The largest absolute Gasteiger partial charge is 0.493 e. The second-order valence-electron chi connectivity index (χ2n) is 3.96. The van der Waals surface area contributed by atoms with E-state index in [1.165, 1.54) is 0 Å². The molecule has 0 aliphatic rings. The second kappa shape index (κ2) is 5.50. The third kappa shape index (κ3) is 2.96. The predicted octanol–water partition coefficient (Wildman–Crippen LogP) is 3.90. The maximum absolute atomic E-state index is 7.74. The molecule has 0 radical (unpaired) electrons. The van der Waals surface area contributed by atoms with E-state index in [0.29, 0.717) is 12.3 Å². The summed E-state index contributed by atoms with van der Waals surface area (Å²) in [6, 6.07) is 5.88. The summed E-state index contributed by atoms with van der Waals surface area (Å²) in [5.41, 5.74) is 3.44. The van der Waals surface area contributed by atoms with Crippen LogP contribution in [0, 0.1) is 5.41 Å². The van der Waals surface area contributed by atoms with Crippen molar-refractivity contribution in [1.82, 2.24) is 0 Å². The molecule has 0 aliphatic carbocycles. The lowest BCUT2D eigenvalue weighted by Gasteiger charge is -2.12. The Bertz CT molecular complexity index is 407. The zero-order valence-electron chi connectivity index (χ0n) is 10.3. The van der Waals surface area contributed by atoms with Gasteiger partial charge in [0.25, 0.3) is 0 Å². The molecule has 86 valence electrons. The van der Waals surface area contributed by atoms with Gasteiger partial charge in [0.1, 0.15) is 5.75 Å². The molecule has 0 unspecified atom stereocenters. The highest BCUT2D eigenvalue weighted by Crippen LogP contribution is 2.24. The minimum Gasteiger partial charge on any atom is -0.493 e. The molecule has 1 aromatic rings. The molecule has 0 spiro atoms. The lowest BCUT2D eigenvalue weighted by Crippen LogP contribution is -2.02. The van der Waals surface area contributed by atoms with Crippen LogP contribution < -0.4 is 4.74 Å².